The summed E-state index contributed by atoms with van der Waals surface area (Å²) in [7, 11) is 0. The molecule has 0 saturated carbocycles. The Hall–Kier alpha value is -2.34. The lowest BCUT2D eigenvalue weighted by Gasteiger charge is -2.10. The van der Waals surface area contributed by atoms with Crippen LogP contribution in [0.25, 0.3) is 0 Å². The highest BCUT2D eigenvalue weighted by Crippen LogP contribution is 2.25. The molecule has 0 saturated heterocycles. The minimum absolute atomic E-state index is 0.00780. The van der Waals surface area contributed by atoms with Crippen LogP contribution in [-0.4, -0.2) is 23.7 Å². The summed E-state index contributed by atoms with van der Waals surface area (Å²) in [5.41, 5.74) is 0.976. The quantitative estimate of drug-likeness (QED) is 0.649. The molecule has 5 nitrogen and oxygen atoms in total. The highest BCUT2D eigenvalue weighted by molar-refractivity contribution is 9.10. The van der Waals surface area contributed by atoms with Crippen molar-refractivity contribution in [3.8, 4) is 11.5 Å². The number of carbonyl (C=O) groups is 2. The Morgan fingerprint density at radius 3 is 2.55 bits per heavy atom. The summed E-state index contributed by atoms with van der Waals surface area (Å²) < 4.78 is 11.1. The highest BCUT2D eigenvalue weighted by Gasteiger charge is 2.14. The molecule has 0 aliphatic rings. The lowest BCUT2D eigenvalue weighted by molar-refractivity contribution is -0.136. The topological polar surface area (TPSA) is 72.8 Å². The van der Waals surface area contributed by atoms with Gasteiger partial charge in [0.25, 0.3) is 0 Å². The van der Waals surface area contributed by atoms with E-state index in [1.807, 2.05) is 19.1 Å². The van der Waals surface area contributed by atoms with Gasteiger partial charge in [0, 0.05) is 0 Å². The largest absolute Gasteiger partial charge is 0.481 e. The zero-order valence-corrected chi connectivity index (χ0v) is 13.3. The fourth-order valence-corrected chi connectivity index (χ4v) is 2.35. The molecule has 2 rings (SSSR count). The average molecular weight is 365 g/mol. The fourth-order valence-electron chi connectivity index (χ4n) is 1.74. The number of hydrogen-bond acceptors (Lipinski definition) is 4. The van der Waals surface area contributed by atoms with E-state index < -0.39 is 11.9 Å². The molecular formula is C16H13BrO5. The van der Waals surface area contributed by atoms with Crippen molar-refractivity contribution in [2.75, 3.05) is 6.61 Å². The van der Waals surface area contributed by atoms with Gasteiger partial charge in [-0.15, -0.1) is 0 Å². The molecule has 0 unspecified atom stereocenters. The number of ether oxygens (including phenoxy) is 2. The lowest BCUT2D eigenvalue weighted by Crippen LogP contribution is -2.19. The second-order valence-electron chi connectivity index (χ2n) is 4.50. The number of benzene rings is 2. The van der Waals surface area contributed by atoms with E-state index in [1.54, 1.807) is 18.2 Å². The summed E-state index contributed by atoms with van der Waals surface area (Å²) in [6, 6.07) is 11.4. The molecule has 1 N–H and O–H groups in total. The normalized spacial score (nSPS) is 10.1. The number of halogens is 1. The molecule has 0 heterocycles. The maximum absolute atomic E-state index is 11.8. The summed E-state index contributed by atoms with van der Waals surface area (Å²) in [5, 5.41) is 9.02. The van der Waals surface area contributed by atoms with Crippen LogP contribution in [0.5, 0.6) is 11.5 Å². The first-order chi connectivity index (χ1) is 10.5. The van der Waals surface area contributed by atoms with Crippen molar-refractivity contribution in [1.29, 1.82) is 0 Å². The van der Waals surface area contributed by atoms with E-state index in [0.29, 0.717) is 5.75 Å². The van der Waals surface area contributed by atoms with Crippen LogP contribution in [-0.2, 0) is 4.79 Å². The van der Waals surface area contributed by atoms with E-state index in [1.165, 1.54) is 12.1 Å². The van der Waals surface area contributed by atoms with Crippen molar-refractivity contribution in [2.24, 2.45) is 0 Å². The molecule has 114 valence electrons. The van der Waals surface area contributed by atoms with E-state index in [4.69, 9.17) is 14.6 Å². The van der Waals surface area contributed by atoms with E-state index in [-0.39, 0.29) is 17.9 Å². The number of aryl methyl sites for hydroxylation is 1. The SMILES string of the molecule is Cc1ccc(OCC(=O)Oc2ccccc2C(=O)O)c(Br)c1. The Balaban J connectivity index is 2.00. The molecule has 0 bridgehead atoms. The van der Waals surface area contributed by atoms with Gasteiger partial charge in [0.15, 0.2) is 6.61 Å². The number of hydrogen-bond donors (Lipinski definition) is 1. The third-order valence-electron chi connectivity index (χ3n) is 2.77. The van der Waals surface area contributed by atoms with Gasteiger partial charge in [0.2, 0.25) is 0 Å². The zero-order chi connectivity index (χ0) is 16.1. The van der Waals surface area contributed by atoms with Gasteiger partial charge in [0.05, 0.1) is 4.47 Å². The molecule has 22 heavy (non-hydrogen) atoms. The number of para-hydroxylation sites is 1. The van der Waals surface area contributed by atoms with Gasteiger partial charge < -0.3 is 14.6 Å². The van der Waals surface area contributed by atoms with Gasteiger partial charge >= 0.3 is 11.9 Å². The minimum Gasteiger partial charge on any atom is -0.481 e. The first-order valence-corrected chi connectivity index (χ1v) is 7.18. The number of rotatable bonds is 5. The minimum atomic E-state index is -1.16. The smallest absolute Gasteiger partial charge is 0.349 e. The predicted octanol–water partition coefficient (Wildman–Crippen LogP) is 3.44. The van der Waals surface area contributed by atoms with Crippen LogP contribution in [0, 0.1) is 6.92 Å². The molecule has 0 aromatic heterocycles. The molecule has 0 aliphatic heterocycles. The van der Waals surface area contributed by atoms with Crippen molar-refractivity contribution in [1.82, 2.24) is 0 Å². The van der Waals surface area contributed by atoms with E-state index >= 15 is 0 Å². The number of esters is 1. The Labute approximate surface area is 135 Å². The first kappa shape index (κ1) is 16.0. The summed E-state index contributed by atoms with van der Waals surface area (Å²) >= 11 is 3.34. The first-order valence-electron chi connectivity index (χ1n) is 6.39. The summed E-state index contributed by atoms with van der Waals surface area (Å²) in [5.74, 6) is -1.34. The Bertz CT molecular complexity index is 711. The number of carboxylic acids is 1. The van der Waals surface area contributed by atoms with Gasteiger partial charge in [-0.05, 0) is 52.7 Å². The van der Waals surface area contributed by atoms with Gasteiger partial charge in [-0.2, -0.15) is 0 Å². The van der Waals surface area contributed by atoms with Crippen molar-refractivity contribution in [3.63, 3.8) is 0 Å². The van der Waals surface area contributed by atoms with E-state index in [9.17, 15) is 9.59 Å². The second kappa shape index (κ2) is 7.09. The Morgan fingerprint density at radius 1 is 1.14 bits per heavy atom. The molecule has 2 aromatic carbocycles. The molecular weight excluding hydrogens is 352 g/mol. The van der Waals surface area contributed by atoms with Crippen molar-refractivity contribution >= 4 is 27.9 Å². The van der Waals surface area contributed by atoms with E-state index in [0.717, 1.165) is 10.0 Å². The monoisotopic (exact) mass is 364 g/mol. The van der Waals surface area contributed by atoms with Gasteiger partial charge in [-0.3, -0.25) is 0 Å². The molecule has 2 aromatic rings. The molecule has 0 radical (unpaired) electrons. The summed E-state index contributed by atoms with van der Waals surface area (Å²) in [6.45, 7) is 1.61. The van der Waals surface area contributed by atoms with E-state index in [2.05, 4.69) is 15.9 Å². The van der Waals surface area contributed by atoms with Crippen molar-refractivity contribution < 1.29 is 24.2 Å². The third-order valence-corrected chi connectivity index (χ3v) is 3.39. The number of aromatic carboxylic acids is 1. The van der Waals surface area contributed by atoms with Crippen LogP contribution in [0.4, 0.5) is 0 Å². The van der Waals surface area contributed by atoms with Crippen LogP contribution in [0.3, 0.4) is 0 Å². The molecule has 0 spiro atoms. The molecule has 0 fully saturated rings. The maximum Gasteiger partial charge on any atom is 0.349 e. The third kappa shape index (κ3) is 4.08. The number of carboxylic acid groups (broad SMARTS) is 1. The van der Waals surface area contributed by atoms with Gasteiger partial charge in [0.1, 0.15) is 17.1 Å². The molecule has 0 aliphatic carbocycles. The predicted molar refractivity (Wildman–Crippen MR) is 83.4 cm³/mol. The maximum atomic E-state index is 11.8. The van der Waals surface area contributed by atoms with Crippen molar-refractivity contribution in [3.05, 3.63) is 58.1 Å². The Kier molecular flexibility index (Phi) is 5.16. The highest BCUT2D eigenvalue weighted by atomic mass is 79.9. The second-order valence-corrected chi connectivity index (χ2v) is 5.35. The summed E-state index contributed by atoms with van der Waals surface area (Å²) in [6.07, 6.45) is 0. The average Bonchev–Trinajstić information content (AvgIpc) is 2.46. The van der Waals surface area contributed by atoms with Crippen LogP contribution in [0.2, 0.25) is 0 Å². The zero-order valence-electron chi connectivity index (χ0n) is 11.7. The summed E-state index contributed by atoms with van der Waals surface area (Å²) in [4.78, 5) is 22.8. The van der Waals surface area contributed by atoms with Crippen LogP contribution in [0.1, 0.15) is 15.9 Å². The van der Waals surface area contributed by atoms with Crippen LogP contribution >= 0.6 is 15.9 Å². The van der Waals surface area contributed by atoms with Gasteiger partial charge in [-0.1, -0.05) is 18.2 Å². The van der Waals surface area contributed by atoms with Crippen LogP contribution in [0.15, 0.2) is 46.9 Å². The molecule has 6 heteroatoms. The standard InChI is InChI=1S/C16H13BrO5/c1-10-6-7-14(12(17)8-10)21-9-15(18)22-13-5-3-2-4-11(13)16(19)20/h2-8H,9H2,1H3,(H,19,20). The Morgan fingerprint density at radius 2 is 1.86 bits per heavy atom. The molecule has 0 atom stereocenters. The fraction of sp³-hybridized carbons (Fsp3) is 0.125. The number of carbonyl (C=O) groups excluding carboxylic acids is 1. The van der Waals surface area contributed by atoms with Crippen LogP contribution < -0.4 is 9.47 Å². The molecule has 0 amide bonds. The van der Waals surface area contributed by atoms with Crippen molar-refractivity contribution in [2.45, 2.75) is 6.92 Å². The van der Waals surface area contributed by atoms with Gasteiger partial charge in [-0.25, -0.2) is 9.59 Å². The lowest BCUT2D eigenvalue weighted by atomic mass is 10.2.